The molecule has 7 heterocycles. The monoisotopic (exact) mass is 865 g/mol. The van der Waals surface area contributed by atoms with Gasteiger partial charge in [0, 0.05) is 72.9 Å². The van der Waals surface area contributed by atoms with Gasteiger partial charge in [0.2, 0.25) is 0 Å². The molecule has 0 bridgehead atoms. The number of halogens is 2. The van der Waals surface area contributed by atoms with Crippen molar-refractivity contribution < 1.29 is 32.2 Å². The van der Waals surface area contributed by atoms with Gasteiger partial charge in [-0.2, -0.15) is 0 Å². The number of hydrogen-bond acceptors (Lipinski definition) is 14. The number of nitrogen functional groups attached to an aromatic ring is 1. The van der Waals surface area contributed by atoms with Crippen LogP contribution in [0.3, 0.4) is 0 Å². The van der Waals surface area contributed by atoms with Gasteiger partial charge in [-0.3, -0.25) is 19.1 Å². The molecule has 2 N–H and O–H groups in total. The maximum atomic E-state index is 13.8. The Morgan fingerprint density at radius 2 is 1.19 bits per heavy atom. The molecule has 324 valence electrons. The highest BCUT2D eigenvalue weighted by Gasteiger charge is 2.25. The fourth-order valence-corrected chi connectivity index (χ4v) is 8.55. The number of carbonyl (C=O) groups is 1. The van der Waals surface area contributed by atoms with Crippen LogP contribution in [0.2, 0.25) is 0 Å². The third-order valence-electron chi connectivity index (χ3n) is 11.5. The Balaban J connectivity index is 0.000000152. The number of aryl methyl sites for hydroxylation is 2. The number of ether oxygens (including phenoxy) is 3. The lowest BCUT2D eigenvalue weighted by atomic mass is 10.1. The van der Waals surface area contributed by atoms with E-state index in [4.69, 9.17) is 34.3 Å². The van der Waals surface area contributed by atoms with Gasteiger partial charge >= 0.3 is 12.0 Å². The van der Waals surface area contributed by atoms with Crippen LogP contribution < -0.4 is 15.5 Å². The summed E-state index contributed by atoms with van der Waals surface area (Å²) in [6.45, 7) is 9.37. The van der Waals surface area contributed by atoms with E-state index >= 15 is 0 Å². The van der Waals surface area contributed by atoms with Crippen molar-refractivity contribution in [2.45, 2.75) is 13.8 Å². The Morgan fingerprint density at radius 1 is 0.672 bits per heavy atom. The van der Waals surface area contributed by atoms with Crippen LogP contribution in [0, 0.1) is 25.5 Å². The number of fused-ring (bicyclic) bond motifs is 4. The van der Waals surface area contributed by atoms with Crippen molar-refractivity contribution in [3.8, 4) is 22.8 Å². The van der Waals surface area contributed by atoms with Crippen LogP contribution >= 0.6 is 0 Å². The summed E-state index contributed by atoms with van der Waals surface area (Å²) in [6.07, 6.45) is 3.32. The van der Waals surface area contributed by atoms with E-state index < -0.39 is 5.97 Å². The van der Waals surface area contributed by atoms with Gasteiger partial charge in [0.25, 0.3) is 5.89 Å². The lowest BCUT2D eigenvalue weighted by Crippen LogP contribution is -2.36. The van der Waals surface area contributed by atoms with Crippen molar-refractivity contribution in [3.63, 3.8) is 0 Å². The number of esters is 1. The standard InChI is InChI=1S/C23H20FN7O2.C23H21FN4O3/c1-13-27-21-17(22-28-29-23(25)33-22)11-15(30-6-8-32-9-7-30)12-20(21)31(13)19-4-5-26-18-10-14(24)2-3-16(18)19;1-14-26-22-18(23(29)30-2)12-16(27-7-9-31-10-8-27)13-21(22)28(14)20-5-6-25-19-11-15(24)3-4-17(19)20/h2-5,10-12H,6-9H2,1H3,(H2,25,29);3-6,11-13H,7-10H2,1-2H3. The minimum atomic E-state index is -0.439. The first-order valence-electron chi connectivity index (χ1n) is 20.6. The van der Waals surface area contributed by atoms with Crippen molar-refractivity contribution in [1.29, 1.82) is 0 Å². The lowest BCUT2D eigenvalue weighted by molar-refractivity contribution is 0.0602. The average molecular weight is 866 g/mol. The van der Waals surface area contributed by atoms with E-state index in [1.54, 1.807) is 24.5 Å². The van der Waals surface area contributed by atoms with Gasteiger partial charge in [-0.05, 0) is 74.5 Å². The van der Waals surface area contributed by atoms with Crippen molar-refractivity contribution in [1.82, 2.24) is 39.3 Å². The van der Waals surface area contributed by atoms with Crippen LogP contribution in [0.5, 0.6) is 0 Å². The maximum absolute atomic E-state index is 13.8. The maximum Gasteiger partial charge on any atom is 0.340 e. The SMILES string of the molecule is COC(=O)c1cc(N2CCOCC2)cc2c1nc(C)n2-c1ccnc2cc(F)ccc12.Cc1nc2c(-c3nnc(N)o3)cc(N3CCOCC3)cc2n1-c1ccnc2cc(F)ccc12. The van der Waals surface area contributed by atoms with Crippen LogP contribution in [-0.2, 0) is 14.2 Å². The molecule has 0 spiro atoms. The van der Waals surface area contributed by atoms with Gasteiger partial charge in [-0.1, -0.05) is 5.10 Å². The van der Waals surface area contributed by atoms with E-state index in [0.29, 0.717) is 71.3 Å². The highest BCUT2D eigenvalue weighted by atomic mass is 19.1. The first kappa shape index (κ1) is 40.5. The minimum absolute atomic E-state index is 0.00626. The Bertz CT molecular complexity index is 3250. The number of morpholine rings is 2. The second kappa shape index (κ2) is 16.6. The summed E-state index contributed by atoms with van der Waals surface area (Å²) >= 11 is 0. The predicted molar refractivity (Wildman–Crippen MR) is 237 cm³/mol. The quantitative estimate of drug-likeness (QED) is 0.167. The molecule has 16 nitrogen and oxygen atoms in total. The number of nitrogens with zero attached hydrogens (tertiary/aromatic N) is 10. The van der Waals surface area contributed by atoms with Gasteiger partial charge in [-0.15, -0.1) is 5.10 Å². The molecule has 11 rings (SSSR count). The third-order valence-corrected chi connectivity index (χ3v) is 11.5. The van der Waals surface area contributed by atoms with E-state index in [2.05, 4.69) is 36.0 Å². The smallest absolute Gasteiger partial charge is 0.340 e. The fourth-order valence-electron chi connectivity index (χ4n) is 8.55. The summed E-state index contributed by atoms with van der Waals surface area (Å²) in [5.41, 5.74) is 14.4. The second-order valence-corrected chi connectivity index (χ2v) is 15.3. The van der Waals surface area contributed by atoms with Gasteiger partial charge in [0.1, 0.15) is 34.3 Å². The van der Waals surface area contributed by atoms with E-state index in [-0.39, 0.29) is 17.6 Å². The highest BCUT2D eigenvalue weighted by molar-refractivity contribution is 6.05. The number of nitrogens with two attached hydrogens (primary N) is 1. The van der Waals surface area contributed by atoms with Crippen molar-refractivity contribution in [2.75, 3.05) is 75.2 Å². The summed E-state index contributed by atoms with van der Waals surface area (Å²) < 4.78 is 53.2. The Labute approximate surface area is 363 Å². The molecule has 2 fully saturated rings. The number of benzene rings is 4. The van der Waals surface area contributed by atoms with Crippen LogP contribution in [0.25, 0.3) is 66.7 Å². The summed E-state index contributed by atoms with van der Waals surface area (Å²) in [4.78, 5) is 35.2. The number of pyridine rings is 2. The number of methoxy groups -OCH3 is 1. The summed E-state index contributed by atoms with van der Waals surface area (Å²) in [7, 11) is 1.37. The second-order valence-electron chi connectivity index (χ2n) is 15.3. The number of rotatable bonds is 6. The van der Waals surface area contributed by atoms with E-state index in [1.165, 1.54) is 31.4 Å². The first-order valence-corrected chi connectivity index (χ1v) is 20.6. The third kappa shape index (κ3) is 7.35. The van der Waals surface area contributed by atoms with Gasteiger partial charge < -0.3 is 34.2 Å². The topological polar surface area (TPSA) is 178 Å². The molecule has 5 aromatic heterocycles. The molecule has 2 aliphatic heterocycles. The zero-order valence-electron chi connectivity index (χ0n) is 35.1. The molecule has 4 aromatic carbocycles. The molecule has 0 unspecified atom stereocenters. The number of imidazole rings is 2. The Morgan fingerprint density at radius 3 is 1.70 bits per heavy atom. The Kier molecular flexibility index (Phi) is 10.5. The van der Waals surface area contributed by atoms with E-state index in [0.717, 1.165) is 76.6 Å². The molecule has 0 atom stereocenters. The number of carbonyl (C=O) groups excluding carboxylic acids is 1. The zero-order valence-corrected chi connectivity index (χ0v) is 35.1. The summed E-state index contributed by atoms with van der Waals surface area (Å²) in [6, 6.07) is 20.9. The molecule has 0 saturated carbocycles. The first-order chi connectivity index (χ1) is 31.1. The number of anilines is 3. The fraction of sp³-hybridized carbons (Fsp3) is 0.239. The largest absolute Gasteiger partial charge is 0.465 e. The predicted octanol–water partition coefficient (Wildman–Crippen LogP) is 7.13. The molecular weight excluding hydrogens is 825 g/mol. The zero-order chi connectivity index (χ0) is 44.1. The number of hydrogen-bond donors (Lipinski definition) is 1. The molecule has 64 heavy (non-hydrogen) atoms. The van der Waals surface area contributed by atoms with Crippen LogP contribution in [0.1, 0.15) is 22.0 Å². The summed E-state index contributed by atoms with van der Waals surface area (Å²) in [5.74, 6) is 0.660. The lowest BCUT2D eigenvalue weighted by Gasteiger charge is -2.29. The molecule has 9 aromatic rings. The highest BCUT2D eigenvalue weighted by Crippen LogP contribution is 2.37. The van der Waals surface area contributed by atoms with Gasteiger partial charge in [-0.25, -0.2) is 23.5 Å². The van der Waals surface area contributed by atoms with E-state index in [9.17, 15) is 13.6 Å². The van der Waals surface area contributed by atoms with Crippen molar-refractivity contribution in [2.24, 2.45) is 0 Å². The van der Waals surface area contributed by atoms with Crippen LogP contribution in [-0.4, -0.2) is 105 Å². The molecule has 0 amide bonds. The average Bonchev–Trinajstić information content (AvgIpc) is 4.01. The summed E-state index contributed by atoms with van der Waals surface area (Å²) in [5, 5.41) is 9.55. The molecule has 0 aliphatic carbocycles. The van der Waals surface area contributed by atoms with Crippen LogP contribution in [0.15, 0.2) is 89.6 Å². The van der Waals surface area contributed by atoms with Gasteiger partial charge in [0.05, 0.1) is 78.1 Å². The van der Waals surface area contributed by atoms with E-state index in [1.807, 2.05) is 53.3 Å². The van der Waals surface area contributed by atoms with Crippen molar-refractivity contribution in [3.05, 3.63) is 114 Å². The minimum Gasteiger partial charge on any atom is -0.465 e. The number of aromatic nitrogens is 8. The van der Waals surface area contributed by atoms with Crippen LogP contribution in [0.4, 0.5) is 26.2 Å². The molecule has 2 aliphatic rings. The van der Waals surface area contributed by atoms with Gasteiger partial charge in [0.15, 0.2) is 0 Å². The normalized spacial score (nSPS) is 14.4. The molecule has 2 saturated heterocycles. The van der Waals surface area contributed by atoms with Crippen molar-refractivity contribution >= 4 is 67.2 Å². The molecule has 0 radical (unpaired) electrons. The molecule has 18 heteroatoms. The molecular formula is C46H41F2N11O5. The Hall–Kier alpha value is -7.57.